The number of rotatable bonds is 2. The number of anilines is 1. The maximum atomic E-state index is 12.9. The van der Waals surface area contributed by atoms with Crippen molar-refractivity contribution in [3.63, 3.8) is 0 Å². The molecule has 0 spiro atoms. The highest BCUT2D eigenvalue weighted by Gasteiger charge is 2.42. The van der Waals surface area contributed by atoms with E-state index in [0.29, 0.717) is 24.4 Å². The van der Waals surface area contributed by atoms with E-state index >= 15 is 0 Å². The summed E-state index contributed by atoms with van der Waals surface area (Å²) in [7, 11) is 0. The van der Waals surface area contributed by atoms with Crippen LogP contribution >= 0.6 is 0 Å². The zero-order valence-corrected chi connectivity index (χ0v) is 11.5. The van der Waals surface area contributed by atoms with Gasteiger partial charge in [0, 0.05) is 25.8 Å². The molecule has 1 fully saturated rings. The molecule has 0 bridgehead atoms. The monoisotopic (exact) mass is 298 g/mol. The van der Waals surface area contributed by atoms with E-state index in [1.807, 2.05) is 28.8 Å². The second-order valence-electron chi connectivity index (χ2n) is 5.34. The molecule has 0 aromatic carbocycles. The fraction of sp³-hybridized carbons (Fsp3) is 0.500. The van der Waals surface area contributed by atoms with Gasteiger partial charge in [-0.05, 0) is 25.0 Å². The Morgan fingerprint density at radius 2 is 2.14 bits per heavy atom. The second-order valence-corrected chi connectivity index (χ2v) is 5.34. The predicted molar refractivity (Wildman–Crippen MR) is 74.1 cm³/mol. The molecule has 1 unspecified atom stereocenters. The van der Waals surface area contributed by atoms with Crippen LogP contribution < -0.4 is 10.6 Å². The first kappa shape index (κ1) is 14.2. The van der Waals surface area contributed by atoms with Gasteiger partial charge in [-0.3, -0.25) is 0 Å². The summed E-state index contributed by atoms with van der Waals surface area (Å²) < 4.78 is 40.7. The van der Waals surface area contributed by atoms with Gasteiger partial charge in [-0.25, -0.2) is 4.98 Å². The number of alkyl halides is 3. The highest BCUT2D eigenvalue weighted by molar-refractivity contribution is 5.56. The van der Waals surface area contributed by atoms with Gasteiger partial charge in [0.25, 0.3) is 0 Å². The molecule has 2 N–H and O–H groups in total. The Morgan fingerprint density at radius 1 is 1.33 bits per heavy atom. The summed E-state index contributed by atoms with van der Waals surface area (Å²) in [5.74, 6) is -0.709. The SMILES string of the molecule is NCc1c(N2CCCC(C(F)(F)F)C2)nc2ccccn12. The molecule has 1 saturated heterocycles. The van der Waals surface area contributed by atoms with Crippen LogP contribution in [0.3, 0.4) is 0 Å². The number of nitrogens with two attached hydrogens (primary N) is 1. The van der Waals surface area contributed by atoms with Gasteiger partial charge in [0.1, 0.15) is 5.65 Å². The van der Waals surface area contributed by atoms with Crippen LogP contribution in [-0.2, 0) is 6.54 Å². The molecule has 7 heteroatoms. The van der Waals surface area contributed by atoms with Crippen molar-refractivity contribution in [2.75, 3.05) is 18.0 Å². The lowest BCUT2D eigenvalue weighted by atomic mass is 9.97. The zero-order valence-electron chi connectivity index (χ0n) is 11.5. The van der Waals surface area contributed by atoms with E-state index in [-0.39, 0.29) is 19.5 Å². The number of pyridine rings is 1. The number of hydrogen-bond donors (Lipinski definition) is 1. The van der Waals surface area contributed by atoms with E-state index in [1.165, 1.54) is 0 Å². The Morgan fingerprint density at radius 3 is 2.86 bits per heavy atom. The van der Waals surface area contributed by atoms with Crippen LogP contribution in [0.1, 0.15) is 18.5 Å². The molecule has 4 nitrogen and oxygen atoms in total. The van der Waals surface area contributed by atoms with E-state index in [2.05, 4.69) is 4.98 Å². The van der Waals surface area contributed by atoms with Gasteiger partial charge in [-0.15, -0.1) is 0 Å². The lowest BCUT2D eigenvalue weighted by Crippen LogP contribution is -2.42. The normalized spacial score (nSPS) is 20.2. The standard InChI is InChI=1S/C14H17F3N4/c15-14(16,17)10-4-3-6-20(9-10)13-11(8-18)21-7-2-1-5-12(21)19-13/h1-2,5,7,10H,3-4,6,8-9,18H2. The summed E-state index contributed by atoms with van der Waals surface area (Å²) >= 11 is 0. The Kier molecular flexibility index (Phi) is 3.52. The summed E-state index contributed by atoms with van der Waals surface area (Å²) in [4.78, 5) is 6.18. The third kappa shape index (κ3) is 2.57. The number of fused-ring (bicyclic) bond motifs is 1. The van der Waals surface area contributed by atoms with Crippen LogP contribution in [0.5, 0.6) is 0 Å². The molecule has 3 heterocycles. The largest absolute Gasteiger partial charge is 0.393 e. The number of piperidine rings is 1. The maximum Gasteiger partial charge on any atom is 0.393 e. The van der Waals surface area contributed by atoms with Crippen molar-refractivity contribution < 1.29 is 13.2 Å². The van der Waals surface area contributed by atoms with Crippen LogP contribution in [0.25, 0.3) is 5.65 Å². The predicted octanol–water partition coefficient (Wildman–Crippen LogP) is 2.57. The van der Waals surface area contributed by atoms with Crippen molar-refractivity contribution >= 4 is 11.5 Å². The lowest BCUT2D eigenvalue weighted by molar-refractivity contribution is -0.176. The van der Waals surface area contributed by atoms with Crippen molar-refractivity contribution in [1.82, 2.24) is 9.38 Å². The molecule has 3 rings (SSSR count). The maximum absolute atomic E-state index is 12.9. The van der Waals surface area contributed by atoms with Crippen molar-refractivity contribution in [2.45, 2.75) is 25.6 Å². The van der Waals surface area contributed by atoms with E-state index in [9.17, 15) is 13.2 Å². The molecule has 1 aliphatic heterocycles. The van der Waals surface area contributed by atoms with Crippen molar-refractivity contribution in [3.05, 3.63) is 30.1 Å². The minimum absolute atomic E-state index is 0.0413. The molecule has 2 aromatic rings. The molecule has 114 valence electrons. The smallest absolute Gasteiger partial charge is 0.354 e. The average Bonchev–Trinajstić information content (AvgIpc) is 2.85. The van der Waals surface area contributed by atoms with Crippen molar-refractivity contribution in [1.29, 1.82) is 0 Å². The van der Waals surface area contributed by atoms with Gasteiger partial charge in [-0.1, -0.05) is 6.07 Å². The van der Waals surface area contributed by atoms with Crippen molar-refractivity contribution in [3.8, 4) is 0 Å². The fourth-order valence-corrected chi connectivity index (χ4v) is 2.91. The van der Waals surface area contributed by atoms with Crippen LogP contribution in [0.15, 0.2) is 24.4 Å². The van der Waals surface area contributed by atoms with E-state index < -0.39 is 12.1 Å². The third-order valence-electron chi connectivity index (χ3n) is 3.98. The van der Waals surface area contributed by atoms with E-state index in [4.69, 9.17) is 5.73 Å². The molecule has 2 aromatic heterocycles. The minimum atomic E-state index is -4.15. The number of imidazole rings is 1. The van der Waals surface area contributed by atoms with Crippen LogP contribution in [0.4, 0.5) is 19.0 Å². The van der Waals surface area contributed by atoms with Gasteiger partial charge in [0.05, 0.1) is 11.6 Å². The van der Waals surface area contributed by atoms with Gasteiger partial charge in [0.15, 0.2) is 5.82 Å². The van der Waals surface area contributed by atoms with Gasteiger partial charge >= 0.3 is 6.18 Å². The van der Waals surface area contributed by atoms with E-state index in [0.717, 1.165) is 5.69 Å². The van der Waals surface area contributed by atoms with E-state index in [1.54, 1.807) is 4.90 Å². The summed E-state index contributed by atoms with van der Waals surface area (Å²) in [6.07, 6.45) is -1.62. The minimum Gasteiger partial charge on any atom is -0.354 e. The Balaban J connectivity index is 1.96. The summed E-state index contributed by atoms with van der Waals surface area (Å²) in [5.41, 5.74) is 7.25. The number of hydrogen-bond acceptors (Lipinski definition) is 3. The Labute approximate surface area is 120 Å². The topological polar surface area (TPSA) is 46.6 Å². The van der Waals surface area contributed by atoms with Gasteiger partial charge in [0.2, 0.25) is 0 Å². The van der Waals surface area contributed by atoms with Crippen LogP contribution in [0.2, 0.25) is 0 Å². The Bertz CT molecular complexity index is 635. The summed E-state index contributed by atoms with van der Waals surface area (Å²) in [6.45, 7) is 0.789. The van der Waals surface area contributed by atoms with Gasteiger partial charge in [-0.2, -0.15) is 13.2 Å². The zero-order chi connectivity index (χ0) is 15.0. The highest BCUT2D eigenvalue weighted by Crippen LogP contribution is 2.35. The fourth-order valence-electron chi connectivity index (χ4n) is 2.91. The number of nitrogens with zero attached hydrogens (tertiary/aromatic N) is 3. The highest BCUT2D eigenvalue weighted by atomic mass is 19.4. The van der Waals surface area contributed by atoms with Crippen molar-refractivity contribution in [2.24, 2.45) is 11.7 Å². The second kappa shape index (κ2) is 5.22. The van der Waals surface area contributed by atoms with Gasteiger partial charge < -0.3 is 15.0 Å². The molecule has 21 heavy (non-hydrogen) atoms. The quantitative estimate of drug-likeness (QED) is 0.927. The Hall–Kier alpha value is -1.76. The first-order valence-corrected chi connectivity index (χ1v) is 6.98. The first-order chi connectivity index (χ1) is 10.0. The molecule has 0 amide bonds. The molecule has 1 aliphatic rings. The van der Waals surface area contributed by atoms with Crippen LogP contribution in [-0.4, -0.2) is 28.7 Å². The molecular formula is C14H17F3N4. The van der Waals surface area contributed by atoms with Crippen LogP contribution in [0, 0.1) is 5.92 Å². The molecule has 0 aliphatic carbocycles. The third-order valence-corrected chi connectivity index (χ3v) is 3.98. The molecule has 0 radical (unpaired) electrons. The molecule has 0 saturated carbocycles. The molecule has 1 atom stereocenters. The summed E-state index contributed by atoms with van der Waals surface area (Å²) in [5, 5.41) is 0. The number of aromatic nitrogens is 2. The molecular weight excluding hydrogens is 281 g/mol. The average molecular weight is 298 g/mol. The lowest BCUT2D eigenvalue weighted by Gasteiger charge is -2.34. The summed E-state index contributed by atoms with van der Waals surface area (Å²) in [6, 6.07) is 5.53. The number of halogens is 3. The first-order valence-electron chi connectivity index (χ1n) is 6.98.